The monoisotopic (exact) mass is 922 g/mol. The number of ether oxygens (including phenoxy) is 1. The first-order valence-corrected chi connectivity index (χ1v) is 23.5. The third-order valence-electron chi connectivity index (χ3n) is 13.8. The first-order chi connectivity index (χ1) is 33.1. The van der Waals surface area contributed by atoms with E-state index in [1.165, 1.54) is 6.07 Å². The molecule has 1 aliphatic carbocycles. The van der Waals surface area contributed by atoms with Gasteiger partial charge >= 0.3 is 0 Å². The molecule has 0 spiro atoms. The number of hydrogen-bond acceptors (Lipinski definition) is 14. The number of rotatable bonds is 15. The lowest BCUT2D eigenvalue weighted by atomic mass is 9.86. The van der Waals surface area contributed by atoms with Crippen LogP contribution in [0.25, 0.3) is 11.2 Å². The molecule has 2 aromatic heterocycles. The van der Waals surface area contributed by atoms with Crippen molar-refractivity contribution in [2.75, 3.05) is 74.5 Å². The summed E-state index contributed by atoms with van der Waals surface area (Å²) >= 11 is 0. The highest BCUT2D eigenvalue weighted by molar-refractivity contribution is 6.25. The molecule has 1 saturated carbocycles. The van der Waals surface area contributed by atoms with E-state index in [0.29, 0.717) is 43.1 Å². The number of amides is 6. The summed E-state index contributed by atoms with van der Waals surface area (Å²) in [4.78, 5) is 97.8. The van der Waals surface area contributed by atoms with Crippen molar-refractivity contribution in [2.45, 2.75) is 69.2 Å². The number of benzene rings is 3. The van der Waals surface area contributed by atoms with Crippen LogP contribution in [0.3, 0.4) is 0 Å². The fourth-order valence-corrected chi connectivity index (χ4v) is 9.89. The predicted octanol–water partition coefficient (Wildman–Crippen LogP) is 3.28. The SMILES string of the molecule is O=C1CC[C@H](N2C(=O)c3cccc(NCC(=O)N4CCC(OCCN5CCN(c6ccc(Nc7ncnc8c7ncn8C7CC(NC(=O)Cc8ccccc8)C7)cc6)CC5)CC4)c3C2=O)C(=O)N1. The van der Waals surface area contributed by atoms with Crippen LogP contribution in [0.15, 0.2) is 85.5 Å². The van der Waals surface area contributed by atoms with Crippen LogP contribution < -0.4 is 26.2 Å². The molecule has 0 bridgehead atoms. The third kappa shape index (κ3) is 9.48. The lowest BCUT2D eigenvalue weighted by Crippen LogP contribution is -2.54. The van der Waals surface area contributed by atoms with Crippen molar-refractivity contribution in [3.05, 3.63) is 102 Å². The summed E-state index contributed by atoms with van der Waals surface area (Å²) in [5.41, 5.74) is 5.17. The molecule has 4 N–H and O–H groups in total. The van der Waals surface area contributed by atoms with Gasteiger partial charge in [0.2, 0.25) is 23.6 Å². The predicted molar refractivity (Wildman–Crippen MR) is 251 cm³/mol. The molecular formula is C49H54N12O7. The van der Waals surface area contributed by atoms with Gasteiger partial charge in [-0.15, -0.1) is 0 Å². The Hall–Kier alpha value is -7.25. The van der Waals surface area contributed by atoms with Crippen LogP contribution in [-0.4, -0.2) is 147 Å². The lowest BCUT2D eigenvalue weighted by molar-refractivity contribution is -0.136. The number of anilines is 4. The summed E-state index contributed by atoms with van der Waals surface area (Å²) in [6.45, 7) is 6.15. The zero-order valence-corrected chi connectivity index (χ0v) is 37.6. The number of imide groups is 2. The Kier molecular flexibility index (Phi) is 12.8. The van der Waals surface area contributed by atoms with Crippen molar-refractivity contribution in [1.82, 2.24) is 44.9 Å². The number of carbonyl (C=O) groups is 6. The maximum atomic E-state index is 13.4. The molecule has 3 aromatic carbocycles. The largest absolute Gasteiger partial charge is 0.377 e. The number of fused-ring (bicyclic) bond motifs is 2. The molecule has 19 nitrogen and oxygen atoms in total. The highest BCUT2D eigenvalue weighted by atomic mass is 16.5. The number of nitrogens with zero attached hydrogens (tertiary/aromatic N) is 8. The van der Waals surface area contributed by atoms with Crippen LogP contribution in [0.1, 0.15) is 70.8 Å². The number of aromatic nitrogens is 4. The van der Waals surface area contributed by atoms with Gasteiger partial charge in [0.15, 0.2) is 17.0 Å². The fraction of sp³-hybridized carbons (Fsp3) is 0.408. The summed E-state index contributed by atoms with van der Waals surface area (Å²) in [5, 5.41) is 11.9. The molecular weight excluding hydrogens is 869 g/mol. The smallest absolute Gasteiger partial charge is 0.264 e. The van der Waals surface area contributed by atoms with Crippen molar-refractivity contribution < 1.29 is 33.5 Å². The highest BCUT2D eigenvalue weighted by Crippen LogP contribution is 2.36. The van der Waals surface area contributed by atoms with Gasteiger partial charge in [-0.05, 0) is 74.1 Å². The van der Waals surface area contributed by atoms with Gasteiger partial charge in [-0.2, -0.15) is 0 Å². The van der Waals surface area contributed by atoms with E-state index in [2.05, 4.69) is 74.9 Å². The first kappa shape index (κ1) is 44.6. The van der Waals surface area contributed by atoms with Gasteiger partial charge in [0.05, 0.1) is 43.1 Å². The number of imidazole rings is 1. The summed E-state index contributed by atoms with van der Waals surface area (Å²) in [6, 6.07) is 22.2. The third-order valence-corrected chi connectivity index (χ3v) is 13.8. The number of hydrogen-bond donors (Lipinski definition) is 4. The van der Waals surface area contributed by atoms with Crippen LogP contribution in [0, 0.1) is 0 Å². The normalized spacial score (nSPS) is 21.1. The number of piperazine rings is 1. The van der Waals surface area contributed by atoms with E-state index in [9.17, 15) is 28.8 Å². The van der Waals surface area contributed by atoms with Gasteiger partial charge in [-0.1, -0.05) is 36.4 Å². The molecule has 19 heteroatoms. The van der Waals surface area contributed by atoms with E-state index in [-0.39, 0.29) is 60.5 Å². The minimum absolute atomic E-state index is 0.0379. The molecule has 68 heavy (non-hydrogen) atoms. The lowest BCUT2D eigenvalue weighted by Gasteiger charge is -2.37. The Bertz CT molecular complexity index is 2710. The van der Waals surface area contributed by atoms with Crippen molar-refractivity contribution in [1.29, 1.82) is 0 Å². The summed E-state index contributed by atoms with van der Waals surface area (Å²) in [6.07, 6.45) is 7.03. The number of piperidine rings is 2. The zero-order chi connectivity index (χ0) is 46.7. The summed E-state index contributed by atoms with van der Waals surface area (Å²) < 4.78 is 8.37. The van der Waals surface area contributed by atoms with Crippen LogP contribution in [0.2, 0.25) is 0 Å². The van der Waals surface area contributed by atoms with E-state index >= 15 is 0 Å². The number of likely N-dealkylation sites (tertiary alicyclic amines) is 1. The zero-order valence-electron chi connectivity index (χ0n) is 37.6. The molecule has 1 atom stereocenters. The van der Waals surface area contributed by atoms with Gasteiger partial charge in [0, 0.05) is 81.4 Å². The molecule has 4 fully saturated rings. The van der Waals surface area contributed by atoms with E-state index in [1.807, 2.05) is 36.7 Å². The van der Waals surface area contributed by atoms with Gasteiger partial charge in [-0.3, -0.25) is 43.9 Å². The van der Waals surface area contributed by atoms with E-state index in [0.717, 1.165) is 85.9 Å². The molecule has 3 saturated heterocycles. The first-order valence-electron chi connectivity index (χ1n) is 23.5. The van der Waals surface area contributed by atoms with Gasteiger partial charge in [0.1, 0.15) is 12.4 Å². The van der Waals surface area contributed by atoms with Crippen LogP contribution in [0.4, 0.5) is 22.9 Å². The van der Waals surface area contributed by atoms with Gasteiger partial charge in [0.25, 0.3) is 11.8 Å². The second-order valence-electron chi connectivity index (χ2n) is 18.1. The van der Waals surface area contributed by atoms with E-state index in [1.54, 1.807) is 23.4 Å². The Morgan fingerprint density at radius 3 is 2.35 bits per heavy atom. The molecule has 5 aliphatic rings. The quantitative estimate of drug-likeness (QED) is 0.111. The van der Waals surface area contributed by atoms with Gasteiger partial charge in [-0.25, -0.2) is 15.0 Å². The Morgan fingerprint density at radius 1 is 0.809 bits per heavy atom. The molecule has 5 aromatic rings. The van der Waals surface area contributed by atoms with Gasteiger partial charge < -0.3 is 35.1 Å². The minimum atomic E-state index is -1.06. The maximum Gasteiger partial charge on any atom is 0.264 e. The maximum absolute atomic E-state index is 13.4. The summed E-state index contributed by atoms with van der Waals surface area (Å²) in [5.74, 6) is -1.76. The van der Waals surface area contributed by atoms with Crippen LogP contribution in [0.5, 0.6) is 0 Å². The molecule has 0 unspecified atom stereocenters. The molecule has 0 radical (unpaired) electrons. The average molecular weight is 923 g/mol. The van der Waals surface area contributed by atoms with Crippen molar-refractivity contribution in [2.24, 2.45) is 0 Å². The molecule has 6 amide bonds. The highest BCUT2D eigenvalue weighted by Gasteiger charge is 2.46. The Morgan fingerprint density at radius 2 is 1.59 bits per heavy atom. The number of carbonyl (C=O) groups excluding carboxylic acids is 6. The Balaban J connectivity index is 0.624. The van der Waals surface area contributed by atoms with Crippen molar-refractivity contribution in [3.8, 4) is 0 Å². The average Bonchev–Trinajstić information content (AvgIpc) is 3.88. The minimum Gasteiger partial charge on any atom is -0.377 e. The second-order valence-corrected chi connectivity index (χ2v) is 18.1. The Labute approximate surface area is 392 Å². The van der Waals surface area contributed by atoms with Crippen molar-refractivity contribution in [3.63, 3.8) is 0 Å². The van der Waals surface area contributed by atoms with E-state index < -0.39 is 29.7 Å². The molecule has 4 aliphatic heterocycles. The standard InChI is InChI=1S/C49H54N12O7/c62-40-14-13-39(47(65)56-40)61-48(66)37-7-4-8-38(43(37)49(61)67)50-28-42(64)59-17-15-36(16-18-59)68-24-23-57-19-21-58(22-20-57)34-11-9-32(10-12-34)55-45-44-46(52-29-51-45)60(30-53-44)35-26-33(27-35)54-41(63)25-31-5-2-1-3-6-31/h1-12,29-30,33,35-36,39,50H,13-28H2,(H,54,63)(H,51,52,55)(H,56,62,65)/t33?,35?,39-/m0/s1. The van der Waals surface area contributed by atoms with Crippen LogP contribution >= 0.6 is 0 Å². The van der Waals surface area contributed by atoms with E-state index in [4.69, 9.17) is 4.74 Å². The van der Waals surface area contributed by atoms with Crippen molar-refractivity contribution >= 4 is 69.5 Å². The topological polar surface area (TPSA) is 216 Å². The number of nitrogens with one attached hydrogen (secondary N) is 4. The summed E-state index contributed by atoms with van der Waals surface area (Å²) in [7, 11) is 0. The molecule has 352 valence electrons. The molecule has 6 heterocycles. The van der Waals surface area contributed by atoms with Crippen LogP contribution in [-0.2, 0) is 30.3 Å². The molecule has 10 rings (SSSR count). The fourth-order valence-electron chi connectivity index (χ4n) is 9.89. The second kappa shape index (κ2) is 19.5.